The Bertz CT molecular complexity index is 741. The monoisotopic (exact) mass is 333 g/mol. The summed E-state index contributed by atoms with van der Waals surface area (Å²) in [7, 11) is 0. The van der Waals surface area contributed by atoms with Gasteiger partial charge in [0.2, 0.25) is 0 Å². The molecule has 1 aromatic carbocycles. The van der Waals surface area contributed by atoms with Gasteiger partial charge in [-0.1, -0.05) is 23.7 Å². The number of carboxylic acids is 1. The van der Waals surface area contributed by atoms with Crippen LogP contribution < -0.4 is 0 Å². The third-order valence-electron chi connectivity index (χ3n) is 4.28. The highest BCUT2D eigenvalue weighted by molar-refractivity contribution is 6.30. The van der Waals surface area contributed by atoms with Gasteiger partial charge in [-0.2, -0.15) is 5.10 Å². The number of carboxylic acid groups (broad SMARTS) is 1. The number of hydrogen-bond donors (Lipinski definition) is 2. The molecule has 23 heavy (non-hydrogen) atoms. The average molecular weight is 334 g/mol. The fourth-order valence-corrected chi connectivity index (χ4v) is 3.04. The van der Waals surface area contributed by atoms with Crippen LogP contribution in [0.1, 0.15) is 23.8 Å². The van der Waals surface area contributed by atoms with Crippen LogP contribution in [0, 0.1) is 5.92 Å². The number of rotatable bonds is 3. The quantitative estimate of drug-likeness (QED) is 0.904. The summed E-state index contributed by atoms with van der Waals surface area (Å²) < 4.78 is 0. The highest BCUT2D eigenvalue weighted by Gasteiger charge is 2.38. The molecule has 0 aliphatic carbocycles. The average Bonchev–Trinajstić information content (AvgIpc) is 3.14. The number of carbonyl (C=O) groups is 2. The molecule has 6 nitrogen and oxygen atoms in total. The minimum Gasteiger partial charge on any atom is -0.481 e. The van der Waals surface area contributed by atoms with Crippen LogP contribution in [-0.4, -0.2) is 44.7 Å². The maximum atomic E-state index is 12.6. The van der Waals surface area contributed by atoms with Crippen LogP contribution in [0.25, 0.3) is 11.3 Å². The zero-order valence-corrected chi connectivity index (χ0v) is 13.2. The minimum absolute atomic E-state index is 0.228. The fourth-order valence-electron chi connectivity index (χ4n) is 2.91. The lowest BCUT2D eigenvalue weighted by molar-refractivity contribution is -0.142. The Kier molecular flexibility index (Phi) is 4.09. The molecule has 1 aliphatic rings. The lowest BCUT2D eigenvalue weighted by Crippen LogP contribution is -2.37. The SMILES string of the molecule is CC1C(C(=O)O)CCN1C(=O)c1cc(-c2ccc(Cl)cc2)n[nH]1. The van der Waals surface area contributed by atoms with Gasteiger partial charge in [0, 0.05) is 23.2 Å². The molecule has 2 heterocycles. The number of aromatic nitrogens is 2. The third kappa shape index (κ3) is 2.94. The van der Waals surface area contributed by atoms with Crippen molar-refractivity contribution in [1.29, 1.82) is 0 Å². The normalized spacial score (nSPS) is 20.7. The third-order valence-corrected chi connectivity index (χ3v) is 4.53. The topological polar surface area (TPSA) is 86.3 Å². The van der Waals surface area contributed by atoms with E-state index in [9.17, 15) is 9.59 Å². The molecule has 2 atom stereocenters. The summed E-state index contributed by atoms with van der Waals surface area (Å²) in [6.45, 7) is 2.20. The molecule has 2 N–H and O–H groups in total. The zero-order chi connectivity index (χ0) is 16.6. The minimum atomic E-state index is -0.862. The van der Waals surface area contributed by atoms with Gasteiger partial charge in [-0.3, -0.25) is 14.7 Å². The Balaban J connectivity index is 1.79. The number of hydrogen-bond acceptors (Lipinski definition) is 3. The summed E-state index contributed by atoms with van der Waals surface area (Å²) in [5.41, 5.74) is 1.85. The standard InChI is InChI=1S/C16H16ClN3O3/c1-9-12(16(22)23)6-7-20(9)15(21)14-8-13(18-19-14)10-2-4-11(17)5-3-10/h2-5,8-9,12H,6-7H2,1H3,(H,18,19)(H,22,23). The first-order valence-corrected chi connectivity index (χ1v) is 7.70. The first-order valence-electron chi connectivity index (χ1n) is 7.32. The number of H-pyrrole nitrogens is 1. The van der Waals surface area contributed by atoms with E-state index in [1.807, 2.05) is 12.1 Å². The molecule has 2 unspecified atom stereocenters. The molecule has 0 bridgehead atoms. The van der Waals surface area contributed by atoms with Gasteiger partial charge in [0.1, 0.15) is 5.69 Å². The number of nitrogens with zero attached hydrogens (tertiary/aromatic N) is 2. The first kappa shape index (κ1) is 15.6. The molecule has 0 radical (unpaired) electrons. The van der Waals surface area contributed by atoms with Crippen molar-refractivity contribution in [2.45, 2.75) is 19.4 Å². The molecule has 7 heteroatoms. The van der Waals surface area contributed by atoms with E-state index in [0.717, 1.165) is 5.56 Å². The van der Waals surface area contributed by atoms with E-state index in [0.29, 0.717) is 29.4 Å². The van der Waals surface area contributed by atoms with Crippen LogP contribution in [0.15, 0.2) is 30.3 Å². The molecule has 1 amide bonds. The second kappa shape index (κ2) is 6.04. The molecular weight excluding hydrogens is 318 g/mol. The summed E-state index contributed by atoms with van der Waals surface area (Å²) in [4.78, 5) is 25.3. The number of aromatic amines is 1. The number of halogens is 1. The van der Waals surface area contributed by atoms with E-state index < -0.39 is 11.9 Å². The van der Waals surface area contributed by atoms with E-state index in [1.165, 1.54) is 0 Å². The van der Waals surface area contributed by atoms with Crippen LogP contribution in [0.3, 0.4) is 0 Å². The van der Waals surface area contributed by atoms with Gasteiger partial charge >= 0.3 is 5.97 Å². The summed E-state index contributed by atoms with van der Waals surface area (Å²) >= 11 is 5.86. The van der Waals surface area contributed by atoms with E-state index in [4.69, 9.17) is 16.7 Å². The van der Waals surface area contributed by atoms with Crippen LogP contribution in [0.5, 0.6) is 0 Å². The molecule has 3 rings (SSSR count). The van der Waals surface area contributed by atoms with Crippen LogP contribution in [0.2, 0.25) is 5.02 Å². The molecule has 120 valence electrons. The smallest absolute Gasteiger partial charge is 0.308 e. The van der Waals surface area contributed by atoms with Crippen molar-refractivity contribution in [2.24, 2.45) is 5.92 Å². The number of carbonyl (C=O) groups excluding carboxylic acids is 1. The zero-order valence-electron chi connectivity index (χ0n) is 12.5. The number of nitrogens with one attached hydrogen (secondary N) is 1. The largest absolute Gasteiger partial charge is 0.481 e. The van der Waals surface area contributed by atoms with Crippen LogP contribution in [0.4, 0.5) is 0 Å². The summed E-state index contributed by atoms with van der Waals surface area (Å²) in [6, 6.07) is 8.51. The van der Waals surface area contributed by atoms with Crippen molar-refractivity contribution in [2.75, 3.05) is 6.54 Å². The predicted octanol–water partition coefficient (Wildman–Crippen LogP) is 2.67. The molecule has 1 saturated heterocycles. The van der Waals surface area contributed by atoms with Crippen molar-refractivity contribution >= 4 is 23.5 Å². The fraction of sp³-hybridized carbons (Fsp3) is 0.312. The van der Waals surface area contributed by atoms with Gasteiger partial charge in [-0.05, 0) is 31.5 Å². The molecule has 1 fully saturated rings. The van der Waals surface area contributed by atoms with Crippen molar-refractivity contribution in [3.05, 3.63) is 41.0 Å². The summed E-state index contributed by atoms with van der Waals surface area (Å²) in [6.07, 6.45) is 0.473. The lowest BCUT2D eigenvalue weighted by atomic mass is 10.0. The van der Waals surface area contributed by atoms with Crippen LogP contribution >= 0.6 is 11.6 Å². The number of aliphatic carboxylic acids is 1. The van der Waals surface area contributed by atoms with E-state index in [2.05, 4.69) is 10.2 Å². The number of benzene rings is 1. The van der Waals surface area contributed by atoms with Gasteiger partial charge in [0.15, 0.2) is 0 Å². The number of amides is 1. The van der Waals surface area contributed by atoms with Gasteiger partial charge in [-0.15, -0.1) is 0 Å². The Morgan fingerprint density at radius 2 is 2.04 bits per heavy atom. The van der Waals surface area contributed by atoms with Crippen LogP contribution in [-0.2, 0) is 4.79 Å². The Labute approximate surface area is 138 Å². The van der Waals surface area contributed by atoms with E-state index in [1.54, 1.807) is 30.0 Å². The first-order chi connectivity index (χ1) is 11.0. The lowest BCUT2D eigenvalue weighted by Gasteiger charge is -2.22. The maximum Gasteiger partial charge on any atom is 0.308 e. The second-order valence-electron chi connectivity index (χ2n) is 5.65. The van der Waals surface area contributed by atoms with Gasteiger partial charge in [-0.25, -0.2) is 0 Å². The van der Waals surface area contributed by atoms with E-state index in [-0.39, 0.29) is 11.9 Å². The van der Waals surface area contributed by atoms with E-state index >= 15 is 0 Å². The highest BCUT2D eigenvalue weighted by atomic mass is 35.5. The summed E-state index contributed by atoms with van der Waals surface area (Å²) in [5.74, 6) is -1.61. The van der Waals surface area contributed by atoms with Gasteiger partial charge in [0.05, 0.1) is 11.6 Å². The highest BCUT2D eigenvalue weighted by Crippen LogP contribution is 2.27. The molecule has 0 saturated carbocycles. The maximum absolute atomic E-state index is 12.6. The van der Waals surface area contributed by atoms with Crippen molar-refractivity contribution in [3.63, 3.8) is 0 Å². The van der Waals surface area contributed by atoms with Crippen molar-refractivity contribution < 1.29 is 14.7 Å². The Hall–Kier alpha value is -2.34. The van der Waals surface area contributed by atoms with Gasteiger partial charge in [0.25, 0.3) is 5.91 Å². The summed E-state index contributed by atoms with van der Waals surface area (Å²) in [5, 5.41) is 16.7. The van der Waals surface area contributed by atoms with Crippen molar-refractivity contribution in [1.82, 2.24) is 15.1 Å². The Morgan fingerprint density at radius 1 is 1.35 bits per heavy atom. The molecule has 0 spiro atoms. The van der Waals surface area contributed by atoms with Crippen molar-refractivity contribution in [3.8, 4) is 11.3 Å². The molecular formula is C16H16ClN3O3. The molecule has 1 aliphatic heterocycles. The number of likely N-dealkylation sites (tertiary alicyclic amines) is 1. The molecule has 1 aromatic heterocycles. The predicted molar refractivity (Wildman–Crippen MR) is 85.3 cm³/mol. The second-order valence-corrected chi connectivity index (χ2v) is 6.08. The Morgan fingerprint density at radius 3 is 2.65 bits per heavy atom. The molecule has 2 aromatic rings. The van der Waals surface area contributed by atoms with Gasteiger partial charge < -0.3 is 10.0 Å².